The molecule has 2 amide bonds. The number of methoxy groups -OCH3 is 4. The first kappa shape index (κ1) is 23.2. The second-order valence-corrected chi connectivity index (χ2v) is 6.86. The number of carbonyl (C=O) groups excluding carboxylic acids is 1. The van der Waals surface area contributed by atoms with E-state index in [0.29, 0.717) is 58.9 Å². The number of hydrogen-bond acceptors (Lipinski definition) is 10. The molecule has 170 valence electrons. The van der Waals surface area contributed by atoms with Gasteiger partial charge in [-0.3, -0.25) is 9.62 Å². The van der Waals surface area contributed by atoms with Crippen LogP contribution < -0.4 is 24.8 Å². The Morgan fingerprint density at radius 2 is 1.72 bits per heavy atom. The van der Waals surface area contributed by atoms with E-state index >= 15 is 0 Å². The maximum absolute atomic E-state index is 12.2. The lowest BCUT2D eigenvalue weighted by Gasteiger charge is -2.16. The number of amides is 2. The van der Waals surface area contributed by atoms with Crippen LogP contribution in [-0.4, -0.2) is 66.9 Å². The first-order valence-electron chi connectivity index (χ1n) is 9.46. The lowest BCUT2D eigenvalue weighted by molar-refractivity contribution is 0.182. The molecule has 2 aromatic heterocycles. The minimum absolute atomic E-state index is 0.318. The van der Waals surface area contributed by atoms with Gasteiger partial charge in [0.2, 0.25) is 5.75 Å². The summed E-state index contributed by atoms with van der Waals surface area (Å²) in [5.41, 5.74) is 1.57. The number of fused-ring (bicyclic) bond motifs is 1. The summed E-state index contributed by atoms with van der Waals surface area (Å²) in [4.78, 5) is 25.4. The van der Waals surface area contributed by atoms with Gasteiger partial charge in [-0.1, -0.05) is 12.8 Å². The smallest absolute Gasteiger partial charge is 0.332 e. The Kier molecular flexibility index (Phi) is 7.73. The molecule has 2 N–H and O–H groups in total. The molecule has 1 aromatic carbocycles. The van der Waals surface area contributed by atoms with Crippen molar-refractivity contribution >= 4 is 47.3 Å². The van der Waals surface area contributed by atoms with Gasteiger partial charge in [0.05, 0.1) is 40.7 Å². The highest BCUT2D eigenvalue weighted by Gasteiger charge is 2.14. The average molecular weight is 461 g/mol. The number of thiol groups is 1. The van der Waals surface area contributed by atoms with Crippen LogP contribution in [0.5, 0.6) is 17.2 Å². The predicted molar refractivity (Wildman–Crippen MR) is 123 cm³/mol. The van der Waals surface area contributed by atoms with Crippen LogP contribution in [0.15, 0.2) is 30.5 Å². The van der Waals surface area contributed by atoms with E-state index in [1.54, 1.807) is 37.6 Å². The van der Waals surface area contributed by atoms with Crippen molar-refractivity contribution < 1.29 is 23.7 Å². The molecule has 0 unspecified atom stereocenters. The number of nitrogens with one attached hydrogen (secondary N) is 2. The van der Waals surface area contributed by atoms with E-state index in [-0.39, 0.29) is 0 Å². The highest BCUT2D eigenvalue weighted by atomic mass is 32.1. The Labute approximate surface area is 190 Å². The fraction of sp³-hybridized carbons (Fsp3) is 0.300. The highest BCUT2D eigenvalue weighted by Crippen LogP contribution is 2.40. The molecule has 0 aliphatic rings. The topological polar surface area (TPSA) is 120 Å². The van der Waals surface area contributed by atoms with Gasteiger partial charge in [-0.15, -0.1) is 0 Å². The Morgan fingerprint density at radius 3 is 2.34 bits per heavy atom. The standard InChI is InChI=1S/C20H24N6O5S/c1-28-8-7-26(32)20(27)25-16-6-5-13-19(23-16)24-17(11-21-13)22-12-9-14(29-2)18(31-4)15(10-12)30-3/h5-6,9-11,32H,7-8H2,1-4H3,(H2,22,23,24,25,27). The molecule has 0 radical (unpaired) electrons. The van der Waals surface area contributed by atoms with E-state index in [0.717, 1.165) is 0 Å². The van der Waals surface area contributed by atoms with E-state index in [4.69, 9.17) is 18.9 Å². The fourth-order valence-corrected chi connectivity index (χ4v) is 2.91. The van der Waals surface area contributed by atoms with Crippen LogP contribution in [0.2, 0.25) is 0 Å². The number of pyridine rings is 1. The molecule has 2 heterocycles. The van der Waals surface area contributed by atoms with Crippen LogP contribution in [0.1, 0.15) is 0 Å². The van der Waals surface area contributed by atoms with Gasteiger partial charge in [-0.25, -0.2) is 19.7 Å². The van der Waals surface area contributed by atoms with E-state index in [1.807, 2.05) is 0 Å². The third-order valence-corrected chi connectivity index (χ3v) is 4.70. The Balaban J connectivity index is 1.82. The molecule has 0 saturated carbocycles. The number of anilines is 3. The molecule has 0 aliphatic carbocycles. The van der Waals surface area contributed by atoms with Gasteiger partial charge in [-0.05, 0) is 12.1 Å². The maximum atomic E-state index is 12.2. The molecule has 0 atom stereocenters. The molecule has 3 aromatic rings. The summed E-state index contributed by atoms with van der Waals surface area (Å²) in [5.74, 6) is 2.24. The molecule has 0 spiro atoms. The zero-order chi connectivity index (χ0) is 23.1. The first-order chi connectivity index (χ1) is 15.5. The average Bonchev–Trinajstić information content (AvgIpc) is 2.81. The van der Waals surface area contributed by atoms with E-state index in [2.05, 4.69) is 38.4 Å². The van der Waals surface area contributed by atoms with Crippen molar-refractivity contribution in [3.05, 3.63) is 30.5 Å². The number of hydrogen-bond donors (Lipinski definition) is 3. The van der Waals surface area contributed by atoms with Gasteiger partial charge < -0.3 is 24.3 Å². The summed E-state index contributed by atoms with van der Waals surface area (Å²) in [6.45, 7) is 0.686. The summed E-state index contributed by atoms with van der Waals surface area (Å²) in [5, 5.41) is 5.81. The van der Waals surface area contributed by atoms with Crippen molar-refractivity contribution in [1.29, 1.82) is 0 Å². The predicted octanol–water partition coefficient (Wildman–Crippen LogP) is 3.12. The second kappa shape index (κ2) is 10.7. The van der Waals surface area contributed by atoms with Crippen molar-refractivity contribution in [3.8, 4) is 17.2 Å². The molecule has 0 aliphatic heterocycles. The van der Waals surface area contributed by atoms with Crippen LogP contribution in [-0.2, 0) is 4.74 Å². The molecule has 11 nitrogen and oxygen atoms in total. The zero-order valence-corrected chi connectivity index (χ0v) is 19.0. The largest absolute Gasteiger partial charge is 0.493 e. The Morgan fingerprint density at radius 1 is 1.03 bits per heavy atom. The first-order valence-corrected chi connectivity index (χ1v) is 9.86. The lowest BCUT2D eigenvalue weighted by Crippen LogP contribution is -2.30. The minimum Gasteiger partial charge on any atom is -0.493 e. The van der Waals surface area contributed by atoms with Crippen LogP contribution >= 0.6 is 12.8 Å². The second-order valence-electron chi connectivity index (χ2n) is 6.38. The molecule has 0 bridgehead atoms. The molecule has 0 fully saturated rings. The summed E-state index contributed by atoms with van der Waals surface area (Å²) in [7, 11) is 6.16. The third-order valence-electron chi connectivity index (χ3n) is 4.32. The quantitative estimate of drug-likeness (QED) is 0.414. The maximum Gasteiger partial charge on any atom is 0.332 e. The van der Waals surface area contributed by atoms with E-state index in [1.165, 1.54) is 25.6 Å². The van der Waals surface area contributed by atoms with Crippen molar-refractivity contribution in [2.24, 2.45) is 0 Å². The van der Waals surface area contributed by atoms with Crippen molar-refractivity contribution in [2.75, 3.05) is 52.2 Å². The molecular weight excluding hydrogens is 436 g/mol. The van der Waals surface area contributed by atoms with E-state index in [9.17, 15) is 4.79 Å². The van der Waals surface area contributed by atoms with Gasteiger partial charge in [0.25, 0.3) is 0 Å². The molecule has 32 heavy (non-hydrogen) atoms. The number of ether oxygens (including phenoxy) is 4. The van der Waals surface area contributed by atoms with Gasteiger partial charge in [0.15, 0.2) is 23.0 Å². The van der Waals surface area contributed by atoms with Gasteiger partial charge in [0.1, 0.15) is 11.3 Å². The number of nitrogens with zero attached hydrogens (tertiary/aromatic N) is 4. The summed E-state index contributed by atoms with van der Waals surface area (Å²) in [6, 6.07) is 6.42. The monoisotopic (exact) mass is 460 g/mol. The summed E-state index contributed by atoms with van der Waals surface area (Å²) in [6.07, 6.45) is 1.58. The molecule has 0 saturated heterocycles. The van der Waals surface area contributed by atoms with Crippen molar-refractivity contribution in [2.45, 2.75) is 0 Å². The summed E-state index contributed by atoms with van der Waals surface area (Å²) >= 11 is 4.13. The third kappa shape index (κ3) is 5.39. The Hall–Kier alpha value is -3.51. The molecular formula is C20H24N6O5S. The highest BCUT2D eigenvalue weighted by molar-refractivity contribution is 7.78. The van der Waals surface area contributed by atoms with Crippen LogP contribution in [0.3, 0.4) is 0 Å². The molecule has 12 heteroatoms. The van der Waals surface area contributed by atoms with Gasteiger partial charge in [-0.2, -0.15) is 0 Å². The number of urea groups is 1. The van der Waals surface area contributed by atoms with Gasteiger partial charge >= 0.3 is 6.03 Å². The van der Waals surface area contributed by atoms with E-state index < -0.39 is 6.03 Å². The minimum atomic E-state index is -0.433. The van der Waals surface area contributed by atoms with Crippen molar-refractivity contribution in [3.63, 3.8) is 0 Å². The van der Waals surface area contributed by atoms with Crippen LogP contribution in [0.25, 0.3) is 11.2 Å². The fourth-order valence-electron chi connectivity index (χ4n) is 2.78. The SMILES string of the molecule is COCCN(S)C(=O)Nc1ccc2ncc(Nc3cc(OC)c(OC)c(OC)c3)nc2n1. The van der Waals surface area contributed by atoms with Crippen LogP contribution in [0.4, 0.5) is 22.1 Å². The normalized spacial score (nSPS) is 10.5. The molecule has 3 rings (SSSR count). The van der Waals surface area contributed by atoms with Gasteiger partial charge in [0, 0.05) is 24.9 Å². The number of aromatic nitrogens is 3. The van der Waals surface area contributed by atoms with Crippen molar-refractivity contribution in [1.82, 2.24) is 19.3 Å². The Bertz CT molecular complexity index is 1070. The number of benzene rings is 1. The summed E-state index contributed by atoms with van der Waals surface area (Å²) < 4.78 is 22.2. The lowest BCUT2D eigenvalue weighted by atomic mass is 10.2. The number of rotatable bonds is 9. The van der Waals surface area contributed by atoms with Crippen LogP contribution in [0, 0.1) is 0 Å². The zero-order valence-electron chi connectivity index (χ0n) is 18.1. The number of carbonyl (C=O) groups is 1.